The molecule has 1 N–H and O–H groups in total. The monoisotopic (exact) mass is 252 g/mol. The molecule has 2 rings (SSSR count). The van der Waals surface area contributed by atoms with Crippen LogP contribution in [-0.2, 0) is 0 Å². The van der Waals surface area contributed by atoms with Crippen LogP contribution in [0.4, 0.5) is 0 Å². The van der Waals surface area contributed by atoms with Crippen LogP contribution < -0.4 is 5.56 Å². The third-order valence-electron chi connectivity index (χ3n) is 3.67. The van der Waals surface area contributed by atoms with Crippen molar-refractivity contribution in [2.24, 2.45) is 0 Å². The van der Waals surface area contributed by atoms with Gasteiger partial charge in [-0.15, -0.1) is 0 Å². The summed E-state index contributed by atoms with van der Waals surface area (Å²) in [7, 11) is 0. The Kier molecular flexibility index (Phi) is 3.26. The molecule has 3 heteroatoms. The molecule has 1 aromatic carbocycles. The van der Waals surface area contributed by atoms with Crippen molar-refractivity contribution in [1.82, 2.24) is 4.98 Å². The van der Waals surface area contributed by atoms with Crippen LogP contribution in [0.25, 0.3) is 11.3 Å². The van der Waals surface area contributed by atoms with Gasteiger partial charge < -0.3 is 4.98 Å². The molecule has 3 nitrogen and oxygen atoms in total. The number of aryl methyl sites for hydroxylation is 2. The van der Waals surface area contributed by atoms with Crippen molar-refractivity contribution >= 4 is 0 Å². The molecule has 0 aliphatic rings. The highest BCUT2D eigenvalue weighted by Crippen LogP contribution is 2.29. The van der Waals surface area contributed by atoms with Crippen LogP contribution in [0.15, 0.2) is 23.0 Å². The van der Waals surface area contributed by atoms with Crippen LogP contribution in [0.3, 0.4) is 0 Å². The number of nitrogens with one attached hydrogen (secondary N) is 1. The highest BCUT2D eigenvalue weighted by molar-refractivity contribution is 5.70. The fraction of sp³-hybridized carbons (Fsp3) is 0.250. The fourth-order valence-electron chi connectivity index (χ4n) is 2.33. The van der Waals surface area contributed by atoms with E-state index in [0.717, 1.165) is 22.4 Å². The van der Waals surface area contributed by atoms with Crippen LogP contribution in [0.1, 0.15) is 27.8 Å². The maximum atomic E-state index is 11.8. The van der Waals surface area contributed by atoms with Crippen LogP contribution >= 0.6 is 0 Å². The minimum Gasteiger partial charge on any atom is -0.321 e. The number of pyridine rings is 1. The molecule has 0 amide bonds. The molecule has 0 spiro atoms. The number of hydrogen-bond donors (Lipinski definition) is 1. The third kappa shape index (κ3) is 2.17. The summed E-state index contributed by atoms with van der Waals surface area (Å²) in [5, 5.41) is 8.81. The summed E-state index contributed by atoms with van der Waals surface area (Å²) >= 11 is 0. The molecular formula is C16H16N2O. The molecule has 19 heavy (non-hydrogen) atoms. The lowest BCUT2D eigenvalue weighted by atomic mass is 9.92. The normalized spacial score (nSPS) is 10.3. The van der Waals surface area contributed by atoms with E-state index in [-0.39, 0.29) is 11.1 Å². The minimum atomic E-state index is -0.335. The number of nitriles is 1. The molecule has 2 aromatic rings. The van der Waals surface area contributed by atoms with Gasteiger partial charge in [-0.1, -0.05) is 6.07 Å². The van der Waals surface area contributed by atoms with Crippen LogP contribution in [0.2, 0.25) is 0 Å². The topological polar surface area (TPSA) is 56.6 Å². The maximum Gasteiger partial charge on any atom is 0.266 e. The van der Waals surface area contributed by atoms with E-state index < -0.39 is 0 Å². The van der Waals surface area contributed by atoms with Gasteiger partial charge in [-0.05, 0) is 62.1 Å². The summed E-state index contributed by atoms with van der Waals surface area (Å²) in [6, 6.07) is 7.40. The van der Waals surface area contributed by atoms with E-state index in [9.17, 15) is 4.79 Å². The molecule has 0 unspecified atom stereocenters. The predicted molar refractivity (Wildman–Crippen MR) is 76.2 cm³/mol. The molecule has 96 valence electrons. The van der Waals surface area contributed by atoms with Crippen molar-refractivity contribution in [3.8, 4) is 17.3 Å². The first kappa shape index (κ1) is 13.1. The van der Waals surface area contributed by atoms with Gasteiger partial charge in [0.2, 0.25) is 0 Å². The average molecular weight is 252 g/mol. The van der Waals surface area contributed by atoms with Crippen LogP contribution in [0.5, 0.6) is 0 Å². The number of aromatic nitrogens is 1. The van der Waals surface area contributed by atoms with E-state index in [1.807, 2.05) is 19.9 Å². The Morgan fingerprint density at radius 3 is 2.11 bits per heavy atom. The largest absolute Gasteiger partial charge is 0.321 e. The molecule has 0 radical (unpaired) electrons. The summed E-state index contributed by atoms with van der Waals surface area (Å²) in [6.07, 6.45) is 0. The van der Waals surface area contributed by atoms with Crippen molar-refractivity contribution in [2.75, 3.05) is 0 Å². The van der Waals surface area contributed by atoms with Crippen molar-refractivity contribution in [2.45, 2.75) is 27.7 Å². The summed E-state index contributed by atoms with van der Waals surface area (Å²) in [5.41, 5.74) is 6.34. The molecule has 1 heterocycles. The first-order chi connectivity index (χ1) is 8.95. The summed E-state index contributed by atoms with van der Waals surface area (Å²) in [4.78, 5) is 14.6. The van der Waals surface area contributed by atoms with E-state index >= 15 is 0 Å². The van der Waals surface area contributed by atoms with Gasteiger partial charge in [0, 0.05) is 11.3 Å². The fourth-order valence-corrected chi connectivity index (χ4v) is 2.33. The number of nitrogens with zero attached hydrogens (tertiary/aromatic N) is 1. The molecule has 0 aliphatic heterocycles. The van der Waals surface area contributed by atoms with Gasteiger partial charge in [-0.2, -0.15) is 5.26 Å². The zero-order chi connectivity index (χ0) is 14.2. The van der Waals surface area contributed by atoms with E-state index in [1.165, 1.54) is 11.1 Å². The van der Waals surface area contributed by atoms with E-state index in [2.05, 4.69) is 24.9 Å². The Bertz CT molecular complexity index is 722. The van der Waals surface area contributed by atoms with Gasteiger partial charge in [-0.3, -0.25) is 4.79 Å². The second kappa shape index (κ2) is 4.74. The van der Waals surface area contributed by atoms with Crippen molar-refractivity contribution in [3.63, 3.8) is 0 Å². The first-order valence-corrected chi connectivity index (χ1v) is 6.17. The molecule has 0 fully saturated rings. The SMILES string of the molecule is Cc1cc(C)c(C)c(-c2ccc(C#N)c(=O)[nH]2)c1C. The Morgan fingerprint density at radius 1 is 1.05 bits per heavy atom. The van der Waals surface area contributed by atoms with E-state index in [0.29, 0.717) is 0 Å². The lowest BCUT2D eigenvalue weighted by Gasteiger charge is -2.15. The second-order valence-corrected chi connectivity index (χ2v) is 4.86. The molecular weight excluding hydrogens is 236 g/mol. The second-order valence-electron chi connectivity index (χ2n) is 4.86. The summed E-state index contributed by atoms with van der Waals surface area (Å²) in [5.74, 6) is 0. The van der Waals surface area contributed by atoms with E-state index in [4.69, 9.17) is 5.26 Å². The third-order valence-corrected chi connectivity index (χ3v) is 3.67. The van der Waals surface area contributed by atoms with Gasteiger partial charge in [0.15, 0.2) is 0 Å². The van der Waals surface area contributed by atoms with E-state index in [1.54, 1.807) is 12.1 Å². The molecule has 0 saturated heterocycles. The summed E-state index contributed by atoms with van der Waals surface area (Å²) < 4.78 is 0. The van der Waals surface area contributed by atoms with Gasteiger partial charge in [0.05, 0.1) is 0 Å². The van der Waals surface area contributed by atoms with Crippen molar-refractivity contribution in [1.29, 1.82) is 5.26 Å². The number of H-pyrrole nitrogens is 1. The lowest BCUT2D eigenvalue weighted by Crippen LogP contribution is -2.11. The van der Waals surface area contributed by atoms with Gasteiger partial charge in [0.1, 0.15) is 11.6 Å². The van der Waals surface area contributed by atoms with Gasteiger partial charge >= 0.3 is 0 Å². The molecule has 0 aliphatic carbocycles. The quantitative estimate of drug-likeness (QED) is 0.847. The minimum absolute atomic E-state index is 0.142. The molecule has 0 atom stereocenters. The highest BCUT2D eigenvalue weighted by Gasteiger charge is 2.12. The predicted octanol–water partition coefficient (Wildman–Crippen LogP) is 3.15. The Balaban J connectivity index is 2.76. The Morgan fingerprint density at radius 2 is 1.63 bits per heavy atom. The number of aromatic amines is 1. The van der Waals surface area contributed by atoms with Crippen molar-refractivity contribution < 1.29 is 0 Å². The zero-order valence-electron chi connectivity index (χ0n) is 11.6. The molecule has 0 bridgehead atoms. The number of benzene rings is 1. The first-order valence-electron chi connectivity index (χ1n) is 6.17. The average Bonchev–Trinajstić information content (AvgIpc) is 2.37. The Hall–Kier alpha value is -2.34. The smallest absolute Gasteiger partial charge is 0.266 e. The number of hydrogen-bond acceptors (Lipinski definition) is 2. The van der Waals surface area contributed by atoms with Gasteiger partial charge in [-0.25, -0.2) is 0 Å². The zero-order valence-corrected chi connectivity index (χ0v) is 11.6. The van der Waals surface area contributed by atoms with Gasteiger partial charge in [0.25, 0.3) is 5.56 Å². The number of rotatable bonds is 1. The Labute approximate surface area is 112 Å². The lowest BCUT2D eigenvalue weighted by molar-refractivity contribution is 1.18. The van der Waals surface area contributed by atoms with Crippen LogP contribution in [0, 0.1) is 39.0 Å². The molecule has 1 aromatic heterocycles. The van der Waals surface area contributed by atoms with Crippen molar-refractivity contribution in [3.05, 3.63) is 56.4 Å². The summed E-state index contributed by atoms with van der Waals surface area (Å²) in [6.45, 7) is 8.22. The standard InChI is InChI=1S/C16H16N2O/c1-9-7-10(2)12(4)15(11(9)3)14-6-5-13(8-17)16(19)18-14/h5-7H,1-4H3,(H,18,19). The van der Waals surface area contributed by atoms with Crippen LogP contribution in [-0.4, -0.2) is 4.98 Å². The maximum absolute atomic E-state index is 11.8. The highest BCUT2D eigenvalue weighted by atomic mass is 16.1. The molecule has 0 saturated carbocycles.